The van der Waals surface area contributed by atoms with Crippen LogP contribution in [0.3, 0.4) is 0 Å². The molecule has 0 aromatic heterocycles. The number of benzene rings is 2. The third-order valence-electron chi connectivity index (χ3n) is 2.45. The molecule has 0 heterocycles. The van der Waals surface area contributed by atoms with Crippen molar-refractivity contribution in [3.05, 3.63) is 58.6 Å². The Balaban J connectivity index is 2.52. The standard InChI is InChI=1S/C13H10ClF2N/c14-12-2-1-9(6-13(12)16)10-3-8(7-17)4-11(15)5-10/h1-6H,7,17H2. The van der Waals surface area contributed by atoms with Crippen molar-refractivity contribution in [3.8, 4) is 11.1 Å². The van der Waals surface area contributed by atoms with Gasteiger partial charge >= 0.3 is 0 Å². The van der Waals surface area contributed by atoms with Crippen molar-refractivity contribution in [2.75, 3.05) is 0 Å². The summed E-state index contributed by atoms with van der Waals surface area (Å²) in [5, 5.41) is 0.0456. The maximum absolute atomic E-state index is 13.3. The number of nitrogens with two attached hydrogens (primary N) is 1. The van der Waals surface area contributed by atoms with Crippen LogP contribution in [0.1, 0.15) is 5.56 Å². The summed E-state index contributed by atoms with van der Waals surface area (Å²) in [6, 6.07) is 8.78. The molecule has 1 nitrogen and oxygen atoms in total. The molecule has 0 saturated heterocycles. The molecule has 0 spiro atoms. The number of rotatable bonds is 2. The first-order chi connectivity index (χ1) is 8.10. The Labute approximate surface area is 103 Å². The molecule has 0 unspecified atom stereocenters. The summed E-state index contributed by atoms with van der Waals surface area (Å²) >= 11 is 5.59. The van der Waals surface area contributed by atoms with Crippen LogP contribution in [0.25, 0.3) is 11.1 Å². The van der Waals surface area contributed by atoms with Crippen LogP contribution in [0.4, 0.5) is 8.78 Å². The van der Waals surface area contributed by atoms with Crippen LogP contribution in [-0.4, -0.2) is 0 Å². The van der Waals surface area contributed by atoms with Gasteiger partial charge in [-0.05, 0) is 47.0 Å². The predicted molar refractivity (Wildman–Crippen MR) is 64.7 cm³/mol. The van der Waals surface area contributed by atoms with Gasteiger partial charge in [0, 0.05) is 6.54 Å². The lowest BCUT2D eigenvalue weighted by Crippen LogP contribution is -1.97. The van der Waals surface area contributed by atoms with E-state index in [-0.39, 0.29) is 11.6 Å². The highest BCUT2D eigenvalue weighted by Crippen LogP contribution is 2.25. The molecular weight excluding hydrogens is 244 g/mol. The van der Waals surface area contributed by atoms with Crippen LogP contribution >= 0.6 is 11.6 Å². The minimum Gasteiger partial charge on any atom is -0.326 e. The average Bonchev–Trinajstić information content (AvgIpc) is 2.32. The van der Waals surface area contributed by atoms with E-state index in [0.29, 0.717) is 16.7 Å². The summed E-state index contributed by atoms with van der Waals surface area (Å²) in [5.41, 5.74) is 7.27. The van der Waals surface area contributed by atoms with E-state index in [2.05, 4.69) is 0 Å². The molecular formula is C13H10ClF2N. The van der Waals surface area contributed by atoms with E-state index >= 15 is 0 Å². The van der Waals surface area contributed by atoms with Gasteiger partial charge in [-0.15, -0.1) is 0 Å². The first-order valence-corrected chi connectivity index (χ1v) is 5.43. The second kappa shape index (κ2) is 4.82. The first-order valence-electron chi connectivity index (χ1n) is 5.05. The van der Waals surface area contributed by atoms with Gasteiger partial charge < -0.3 is 5.73 Å². The Kier molecular flexibility index (Phi) is 3.41. The van der Waals surface area contributed by atoms with Gasteiger partial charge in [0.25, 0.3) is 0 Å². The van der Waals surface area contributed by atoms with E-state index in [1.54, 1.807) is 12.1 Å². The summed E-state index contributed by atoms with van der Waals surface area (Å²) in [6.45, 7) is 0.237. The predicted octanol–water partition coefficient (Wildman–Crippen LogP) is 3.74. The average molecular weight is 254 g/mol. The Hall–Kier alpha value is -1.45. The minimum absolute atomic E-state index is 0.0456. The molecule has 2 rings (SSSR count). The van der Waals surface area contributed by atoms with Crippen molar-refractivity contribution < 1.29 is 8.78 Å². The topological polar surface area (TPSA) is 26.0 Å². The lowest BCUT2D eigenvalue weighted by Gasteiger charge is -2.06. The Morgan fingerprint density at radius 3 is 2.41 bits per heavy atom. The number of hydrogen-bond acceptors (Lipinski definition) is 1. The van der Waals surface area contributed by atoms with Gasteiger partial charge in [-0.3, -0.25) is 0 Å². The number of halogens is 3. The van der Waals surface area contributed by atoms with E-state index in [1.807, 2.05) is 0 Å². The van der Waals surface area contributed by atoms with Gasteiger partial charge in [-0.25, -0.2) is 8.78 Å². The fourth-order valence-corrected chi connectivity index (χ4v) is 1.73. The van der Waals surface area contributed by atoms with Gasteiger partial charge in [-0.2, -0.15) is 0 Å². The summed E-state index contributed by atoms with van der Waals surface area (Å²) in [6.07, 6.45) is 0. The lowest BCUT2D eigenvalue weighted by atomic mass is 10.0. The van der Waals surface area contributed by atoms with E-state index in [9.17, 15) is 8.78 Å². The van der Waals surface area contributed by atoms with Crippen LogP contribution < -0.4 is 5.73 Å². The molecule has 17 heavy (non-hydrogen) atoms. The normalized spacial score (nSPS) is 10.6. The van der Waals surface area contributed by atoms with Gasteiger partial charge in [0.2, 0.25) is 0 Å². The highest BCUT2D eigenvalue weighted by atomic mass is 35.5. The summed E-state index contributed by atoms with van der Waals surface area (Å²) in [7, 11) is 0. The Bertz CT molecular complexity index is 555. The molecule has 0 aliphatic carbocycles. The van der Waals surface area contributed by atoms with Crippen molar-refractivity contribution >= 4 is 11.6 Å². The second-order valence-electron chi connectivity index (χ2n) is 3.68. The fourth-order valence-electron chi connectivity index (χ4n) is 1.61. The molecule has 0 aliphatic rings. The highest BCUT2D eigenvalue weighted by Gasteiger charge is 2.06. The van der Waals surface area contributed by atoms with E-state index < -0.39 is 11.6 Å². The minimum atomic E-state index is -0.525. The van der Waals surface area contributed by atoms with E-state index in [1.165, 1.54) is 24.3 Å². The van der Waals surface area contributed by atoms with E-state index in [0.717, 1.165) is 0 Å². The molecule has 4 heteroatoms. The molecule has 88 valence electrons. The molecule has 0 fully saturated rings. The Morgan fingerprint density at radius 1 is 1.00 bits per heavy atom. The molecule has 0 radical (unpaired) electrons. The second-order valence-corrected chi connectivity index (χ2v) is 4.09. The monoisotopic (exact) mass is 253 g/mol. The zero-order valence-corrected chi connectivity index (χ0v) is 9.64. The zero-order chi connectivity index (χ0) is 12.4. The van der Waals surface area contributed by atoms with Gasteiger partial charge in [-0.1, -0.05) is 17.7 Å². The third-order valence-corrected chi connectivity index (χ3v) is 2.75. The van der Waals surface area contributed by atoms with Crippen molar-refractivity contribution in [1.82, 2.24) is 0 Å². The van der Waals surface area contributed by atoms with Gasteiger partial charge in [0.05, 0.1) is 5.02 Å². The van der Waals surface area contributed by atoms with Crippen LogP contribution in [0.15, 0.2) is 36.4 Å². The largest absolute Gasteiger partial charge is 0.326 e. The summed E-state index contributed by atoms with van der Waals surface area (Å²) in [4.78, 5) is 0. The smallest absolute Gasteiger partial charge is 0.142 e. The molecule has 0 aliphatic heterocycles. The molecule has 2 aromatic rings. The van der Waals surface area contributed by atoms with Crippen molar-refractivity contribution in [2.24, 2.45) is 5.73 Å². The van der Waals surface area contributed by atoms with Gasteiger partial charge in [0.1, 0.15) is 11.6 Å². The molecule has 2 N–H and O–H groups in total. The SMILES string of the molecule is NCc1cc(F)cc(-c2ccc(Cl)c(F)c2)c1. The lowest BCUT2D eigenvalue weighted by molar-refractivity contribution is 0.624. The molecule has 0 amide bonds. The summed E-state index contributed by atoms with van der Waals surface area (Å²) < 4.78 is 26.6. The maximum Gasteiger partial charge on any atom is 0.142 e. The van der Waals surface area contributed by atoms with Crippen molar-refractivity contribution in [1.29, 1.82) is 0 Å². The first kappa shape index (κ1) is 12.0. The van der Waals surface area contributed by atoms with Crippen molar-refractivity contribution in [2.45, 2.75) is 6.54 Å². The maximum atomic E-state index is 13.3. The third kappa shape index (κ3) is 2.62. The molecule has 0 bridgehead atoms. The Morgan fingerprint density at radius 2 is 1.76 bits per heavy atom. The molecule has 0 saturated carbocycles. The quantitative estimate of drug-likeness (QED) is 0.867. The fraction of sp³-hybridized carbons (Fsp3) is 0.0769. The van der Waals surface area contributed by atoms with Crippen LogP contribution in [0, 0.1) is 11.6 Å². The van der Waals surface area contributed by atoms with Crippen LogP contribution in [0.2, 0.25) is 5.02 Å². The van der Waals surface area contributed by atoms with Gasteiger partial charge in [0.15, 0.2) is 0 Å². The molecule has 2 aromatic carbocycles. The zero-order valence-electron chi connectivity index (χ0n) is 8.88. The summed E-state index contributed by atoms with van der Waals surface area (Å²) in [5.74, 6) is -0.916. The highest BCUT2D eigenvalue weighted by molar-refractivity contribution is 6.30. The molecule has 0 atom stereocenters. The number of hydrogen-bond donors (Lipinski definition) is 1. The van der Waals surface area contributed by atoms with Crippen LogP contribution in [-0.2, 0) is 6.54 Å². The van der Waals surface area contributed by atoms with Crippen molar-refractivity contribution in [3.63, 3.8) is 0 Å². The van der Waals surface area contributed by atoms with E-state index in [4.69, 9.17) is 17.3 Å². The van der Waals surface area contributed by atoms with Crippen LogP contribution in [0.5, 0.6) is 0 Å².